The van der Waals surface area contributed by atoms with Crippen molar-refractivity contribution in [2.24, 2.45) is 5.92 Å². The van der Waals surface area contributed by atoms with Crippen molar-refractivity contribution in [3.05, 3.63) is 40.5 Å². The lowest BCUT2D eigenvalue weighted by atomic mass is 10.1. The van der Waals surface area contributed by atoms with Gasteiger partial charge >= 0.3 is 0 Å². The van der Waals surface area contributed by atoms with Crippen molar-refractivity contribution in [3.8, 4) is 0 Å². The highest BCUT2D eigenvalue weighted by Gasteiger charge is 2.26. The van der Waals surface area contributed by atoms with Crippen LogP contribution in [0.15, 0.2) is 34.8 Å². The van der Waals surface area contributed by atoms with Gasteiger partial charge in [-0.3, -0.25) is 4.79 Å². The Morgan fingerprint density at radius 1 is 1.35 bits per heavy atom. The molecule has 1 aliphatic rings. The van der Waals surface area contributed by atoms with Gasteiger partial charge in [0, 0.05) is 16.3 Å². The lowest BCUT2D eigenvalue weighted by Gasteiger charge is -2.04. The van der Waals surface area contributed by atoms with Crippen molar-refractivity contribution < 1.29 is 4.79 Å². The van der Waals surface area contributed by atoms with E-state index in [9.17, 15) is 4.79 Å². The monoisotopic (exact) mass is 289 g/mol. The average molecular weight is 290 g/mol. The van der Waals surface area contributed by atoms with E-state index < -0.39 is 0 Å². The fourth-order valence-electron chi connectivity index (χ4n) is 1.97. The van der Waals surface area contributed by atoms with Crippen LogP contribution in [-0.2, 0) is 0 Å². The summed E-state index contributed by atoms with van der Waals surface area (Å²) in [6, 6.07) is 9.83. The van der Waals surface area contributed by atoms with E-state index in [1.807, 2.05) is 30.3 Å². The summed E-state index contributed by atoms with van der Waals surface area (Å²) in [4.78, 5) is 16.5. The quantitative estimate of drug-likeness (QED) is 0.800. The Morgan fingerprint density at radius 2 is 2.12 bits per heavy atom. The highest BCUT2D eigenvalue weighted by Crippen LogP contribution is 2.34. The van der Waals surface area contributed by atoms with Gasteiger partial charge in [-0.05, 0) is 46.8 Å². The number of Topliss-reactive ketones (excluding diaryl/α,β-unsaturated/α-hetero) is 1. The lowest BCUT2D eigenvalue weighted by molar-refractivity contribution is 0.0971. The number of para-hydroxylation sites is 1. The van der Waals surface area contributed by atoms with Crippen molar-refractivity contribution in [3.63, 3.8) is 0 Å². The minimum atomic E-state index is 0.158. The molecule has 17 heavy (non-hydrogen) atoms. The third-order valence-corrected chi connectivity index (χ3v) is 3.72. The molecule has 0 saturated heterocycles. The molecule has 0 atom stereocenters. The van der Waals surface area contributed by atoms with Gasteiger partial charge in [0.05, 0.1) is 5.52 Å². The highest BCUT2D eigenvalue weighted by molar-refractivity contribution is 9.10. The summed E-state index contributed by atoms with van der Waals surface area (Å²) < 4.78 is 0.807. The molecular weight excluding hydrogens is 278 g/mol. The number of hydrogen-bond acceptors (Lipinski definition) is 2. The molecule has 0 unspecified atom stereocenters. The molecule has 2 aromatic rings. The van der Waals surface area contributed by atoms with E-state index in [0.29, 0.717) is 18.0 Å². The molecule has 0 aliphatic heterocycles. The molecule has 0 N–H and O–H groups in total. The minimum absolute atomic E-state index is 0.158. The van der Waals surface area contributed by atoms with E-state index in [0.717, 1.165) is 15.4 Å². The standard InChI is InChI=1S/C14H12BrNO/c15-11-8-10-3-1-2-4-12(10)16-14(11)13(17)7-9-5-6-9/h1-4,8-9H,5-7H2. The van der Waals surface area contributed by atoms with Gasteiger partial charge in [0.2, 0.25) is 0 Å². The predicted molar refractivity (Wildman–Crippen MR) is 71.1 cm³/mol. The van der Waals surface area contributed by atoms with Gasteiger partial charge < -0.3 is 0 Å². The Bertz CT molecular complexity index is 590. The lowest BCUT2D eigenvalue weighted by Crippen LogP contribution is -2.04. The molecule has 1 heterocycles. The van der Waals surface area contributed by atoms with E-state index >= 15 is 0 Å². The number of hydrogen-bond donors (Lipinski definition) is 0. The number of halogens is 1. The molecule has 86 valence electrons. The number of aromatic nitrogens is 1. The zero-order chi connectivity index (χ0) is 11.8. The second kappa shape index (κ2) is 4.22. The van der Waals surface area contributed by atoms with Crippen LogP contribution in [0, 0.1) is 5.92 Å². The van der Waals surface area contributed by atoms with Crippen LogP contribution in [0.2, 0.25) is 0 Å². The van der Waals surface area contributed by atoms with E-state index in [2.05, 4.69) is 20.9 Å². The molecule has 1 aromatic carbocycles. The molecule has 1 aliphatic carbocycles. The van der Waals surface area contributed by atoms with Crippen molar-refractivity contribution in [1.29, 1.82) is 0 Å². The number of carbonyl (C=O) groups is 1. The van der Waals surface area contributed by atoms with Crippen molar-refractivity contribution in [2.45, 2.75) is 19.3 Å². The highest BCUT2D eigenvalue weighted by atomic mass is 79.9. The number of carbonyl (C=O) groups excluding carboxylic acids is 1. The maximum Gasteiger partial charge on any atom is 0.182 e. The minimum Gasteiger partial charge on any atom is -0.292 e. The molecule has 1 aromatic heterocycles. The van der Waals surface area contributed by atoms with Crippen molar-refractivity contribution in [1.82, 2.24) is 4.98 Å². The summed E-state index contributed by atoms with van der Waals surface area (Å²) in [5, 5.41) is 1.06. The van der Waals surface area contributed by atoms with Gasteiger partial charge in [-0.1, -0.05) is 18.2 Å². The molecule has 0 bridgehead atoms. The maximum atomic E-state index is 12.1. The molecule has 3 heteroatoms. The van der Waals surface area contributed by atoms with Crippen LogP contribution in [0.25, 0.3) is 10.9 Å². The molecule has 0 spiro atoms. The summed E-state index contributed by atoms with van der Waals surface area (Å²) in [5.74, 6) is 0.757. The number of pyridine rings is 1. The second-order valence-corrected chi connectivity index (χ2v) is 5.44. The van der Waals surface area contributed by atoms with E-state index in [4.69, 9.17) is 0 Å². The van der Waals surface area contributed by atoms with Gasteiger partial charge in [-0.2, -0.15) is 0 Å². The normalized spacial score (nSPS) is 15.1. The van der Waals surface area contributed by atoms with E-state index in [-0.39, 0.29) is 5.78 Å². The Morgan fingerprint density at radius 3 is 2.88 bits per heavy atom. The summed E-state index contributed by atoms with van der Waals surface area (Å²) in [6.07, 6.45) is 3.03. The zero-order valence-corrected chi connectivity index (χ0v) is 10.9. The molecule has 3 rings (SSSR count). The zero-order valence-electron chi connectivity index (χ0n) is 9.32. The van der Waals surface area contributed by atoms with Gasteiger partial charge in [0.15, 0.2) is 5.78 Å². The van der Waals surface area contributed by atoms with Crippen LogP contribution in [0.5, 0.6) is 0 Å². The van der Waals surface area contributed by atoms with Crippen LogP contribution in [-0.4, -0.2) is 10.8 Å². The van der Waals surface area contributed by atoms with Crippen LogP contribution in [0.4, 0.5) is 0 Å². The fraction of sp³-hybridized carbons (Fsp3) is 0.286. The first-order chi connectivity index (χ1) is 8.24. The first-order valence-electron chi connectivity index (χ1n) is 5.82. The first kappa shape index (κ1) is 10.9. The molecular formula is C14H12BrNO. The summed E-state index contributed by atoms with van der Waals surface area (Å²) >= 11 is 3.45. The maximum absolute atomic E-state index is 12.1. The van der Waals surface area contributed by atoms with E-state index in [1.165, 1.54) is 12.8 Å². The molecule has 1 saturated carbocycles. The molecule has 0 amide bonds. The number of rotatable bonds is 3. The Kier molecular flexibility index (Phi) is 2.71. The fourth-order valence-corrected chi connectivity index (χ4v) is 2.52. The van der Waals surface area contributed by atoms with Gasteiger partial charge in [0.25, 0.3) is 0 Å². The summed E-state index contributed by atoms with van der Waals surface area (Å²) in [6.45, 7) is 0. The third-order valence-electron chi connectivity index (χ3n) is 3.11. The Hall–Kier alpha value is -1.22. The number of benzene rings is 1. The van der Waals surface area contributed by atoms with E-state index in [1.54, 1.807) is 0 Å². The smallest absolute Gasteiger partial charge is 0.182 e. The number of fused-ring (bicyclic) bond motifs is 1. The van der Waals surface area contributed by atoms with Crippen molar-refractivity contribution in [2.75, 3.05) is 0 Å². The Balaban J connectivity index is 2.02. The number of nitrogens with zero attached hydrogens (tertiary/aromatic N) is 1. The Labute approximate surface area is 108 Å². The van der Waals surface area contributed by atoms with Gasteiger partial charge in [0.1, 0.15) is 5.69 Å². The molecule has 0 radical (unpaired) electrons. The van der Waals surface area contributed by atoms with Crippen molar-refractivity contribution >= 4 is 32.6 Å². The van der Waals surface area contributed by atoms with Crippen LogP contribution in [0.1, 0.15) is 29.8 Å². The van der Waals surface area contributed by atoms with Gasteiger partial charge in [-0.25, -0.2) is 4.98 Å². The molecule has 1 fully saturated rings. The SMILES string of the molecule is O=C(CC1CC1)c1nc2ccccc2cc1Br. The summed E-state index contributed by atoms with van der Waals surface area (Å²) in [5.41, 5.74) is 1.46. The summed E-state index contributed by atoms with van der Waals surface area (Å²) in [7, 11) is 0. The largest absolute Gasteiger partial charge is 0.292 e. The second-order valence-electron chi connectivity index (χ2n) is 4.58. The predicted octanol–water partition coefficient (Wildman–Crippen LogP) is 3.98. The topological polar surface area (TPSA) is 30.0 Å². The van der Waals surface area contributed by atoms with Crippen LogP contribution < -0.4 is 0 Å². The first-order valence-corrected chi connectivity index (χ1v) is 6.62. The van der Waals surface area contributed by atoms with Crippen LogP contribution in [0.3, 0.4) is 0 Å². The van der Waals surface area contributed by atoms with Gasteiger partial charge in [-0.15, -0.1) is 0 Å². The third kappa shape index (κ3) is 2.25. The molecule has 2 nitrogen and oxygen atoms in total. The number of ketones is 1. The van der Waals surface area contributed by atoms with Crippen LogP contribution >= 0.6 is 15.9 Å². The average Bonchev–Trinajstić information content (AvgIpc) is 3.12.